The summed E-state index contributed by atoms with van der Waals surface area (Å²) in [5, 5.41) is 18.3. The topological polar surface area (TPSA) is 99.2 Å². The van der Waals surface area contributed by atoms with Crippen molar-refractivity contribution in [3.63, 3.8) is 0 Å². The van der Waals surface area contributed by atoms with Gasteiger partial charge in [-0.05, 0) is 34.1 Å². The number of carbonyl (C=O) groups is 1. The van der Waals surface area contributed by atoms with Crippen LogP contribution in [0.25, 0.3) is 0 Å². The monoisotopic (exact) mass is 393 g/mol. The van der Waals surface area contributed by atoms with Crippen LogP contribution in [0.2, 0.25) is 0 Å². The second-order valence-corrected chi connectivity index (χ2v) is 7.34. The number of pyridine rings is 2. The Morgan fingerprint density at radius 1 is 1.21 bits per heavy atom. The maximum Gasteiger partial charge on any atom is 0.254 e. The molecule has 0 aromatic carbocycles. The average molecular weight is 393 g/mol. The van der Waals surface area contributed by atoms with Gasteiger partial charge in [0.25, 0.3) is 5.91 Å². The molecule has 7 nitrogen and oxygen atoms in total. The number of hydrogen-bond donors (Lipinski definition) is 4. The van der Waals surface area contributed by atoms with Crippen molar-refractivity contribution in [1.29, 1.82) is 0 Å². The second-order valence-electron chi connectivity index (χ2n) is 7.34. The number of nitrogens with one attached hydrogen (secondary N) is 3. The third-order valence-electron chi connectivity index (χ3n) is 3.67. The first kappa shape index (κ1) is 21.5. The molecule has 0 fully saturated rings. The number of anilines is 3. The molecule has 0 saturated carbocycles. The van der Waals surface area contributed by atoms with Gasteiger partial charge in [0.1, 0.15) is 11.6 Å². The van der Waals surface area contributed by atoms with Gasteiger partial charge in [-0.3, -0.25) is 4.79 Å². The van der Waals surface area contributed by atoms with Crippen LogP contribution < -0.4 is 16.0 Å². The fraction of sp³-hybridized carbons (Fsp3) is 0.421. The minimum atomic E-state index is -0.884. The molecule has 9 heteroatoms. The van der Waals surface area contributed by atoms with Gasteiger partial charge in [0.15, 0.2) is 11.6 Å². The molecule has 0 saturated heterocycles. The largest absolute Gasteiger partial charge is 0.390 e. The molecule has 0 unspecified atom stereocenters. The van der Waals surface area contributed by atoms with Crippen molar-refractivity contribution in [2.24, 2.45) is 0 Å². The van der Waals surface area contributed by atoms with Crippen molar-refractivity contribution < 1.29 is 18.7 Å². The fourth-order valence-corrected chi connectivity index (χ4v) is 2.34. The van der Waals surface area contributed by atoms with E-state index in [0.29, 0.717) is 30.3 Å². The standard InChI is InChI=1S/C19H25F2N5O2/c1-11(2)25-15-8-16(26-17-14(21)7-12(20)9-24-17)23-10-13(15)18(27)22-6-5-19(3,4)28/h7-11,28H,5-6H2,1-4H3,(H,22,27)(H2,23,24,25,26). The Hall–Kier alpha value is -2.81. The number of rotatable bonds is 8. The molecule has 4 N–H and O–H groups in total. The van der Waals surface area contributed by atoms with E-state index >= 15 is 0 Å². The van der Waals surface area contributed by atoms with E-state index in [2.05, 4.69) is 25.9 Å². The highest BCUT2D eigenvalue weighted by Crippen LogP contribution is 2.23. The summed E-state index contributed by atoms with van der Waals surface area (Å²) in [7, 11) is 0. The molecular weight excluding hydrogens is 368 g/mol. The molecule has 2 aromatic rings. The summed E-state index contributed by atoms with van der Waals surface area (Å²) in [6, 6.07) is 2.29. The summed E-state index contributed by atoms with van der Waals surface area (Å²) in [4.78, 5) is 20.3. The van der Waals surface area contributed by atoms with Crippen LogP contribution in [0.5, 0.6) is 0 Å². The Morgan fingerprint density at radius 2 is 1.93 bits per heavy atom. The zero-order chi connectivity index (χ0) is 20.9. The Balaban J connectivity index is 2.21. The summed E-state index contributed by atoms with van der Waals surface area (Å²) < 4.78 is 26.8. The van der Waals surface area contributed by atoms with Crippen molar-refractivity contribution in [1.82, 2.24) is 15.3 Å². The highest BCUT2D eigenvalue weighted by Gasteiger charge is 2.17. The van der Waals surface area contributed by atoms with Gasteiger partial charge in [-0.15, -0.1) is 0 Å². The molecule has 0 radical (unpaired) electrons. The molecule has 0 aliphatic heterocycles. The molecule has 0 spiro atoms. The van der Waals surface area contributed by atoms with Crippen molar-refractivity contribution in [2.45, 2.75) is 45.8 Å². The molecule has 0 bridgehead atoms. The average Bonchev–Trinajstić information content (AvgIpc) is 2.56. The lowest BCUT2D eigenvalue weighted by Crippen LogP contribution is -2.31. The van der Waals surface area contributed by atoms with Crippen LogP contribution >= 0.6 is 0 Å². The van der Waals surface area contributed by atoms with Gasteiger partial charge in [0.2, 0.25) is 0 Å². The van der Waals surface area contributed by atoms with E-state index in [1.165, 1.54) is 6.20 Å². The number of hydrogen-bond acceptors (Lipinski definition) is 6. The zero-order valence-electron chi connectivity index (χ0n) is 16.3. The third-order valence-corrected chi connectivity index (χ3v) is 3.67. The first-order chi connectivity index (χ1) is 13.0. The van der Waals surface area contributed by atoms with Gasteiger partial charge in [0.05, 0.1) is 23.0 Å². The number of aliphatic hydroxyl groups is 1. The van der Waals surface area contributed by atoms with Crippen LogP contribution in [0.15, 0.2) is 24.5 Å². The first-order valence-corrected chi connectivity index (χ1v) is 8.90. The van der Waals surface area contributed by atoms with E-state index in [1.807, 2.05) is 13.8 Å². The van der Waals surface area contributed by atoms with Crippen LogP contribution in [0.3, 0.4) is 0 Å². The highest BCUT2D eigenvalue weighted by molar-refractivity contribution is 5.99. The normalized spacial score (nSPS) is 11.4. The van der Waals surface area contributed by atoms with Gasteiger partial charge in [-0.2, -0.15) is 0 Å². The Bertz CT molecular complexity index is 838. The fourth-order valence-electron chi connectivity index (χ4n) is 2.34. The molecule has 0 atom stereocenters. The van der Waals surface area contributed by atoms with Crippen LogP contribution in [-0.2, 0) is 0 Å². The lowest BCUT2D eigenvalue weighted by molar-refractivity contribution is 0.0693. The van der Waals surface area contributed by atoms with E-state index in [9.17, 15) is 18.7 Å². The summed E-state index contributed by atoms with van der Waals surface area (Å²) >= 11 is 0. The predicted octanol–water partition coefficient (Wildman–Crippen LogP) is 3.21. The van der Waals surface area contributed by atoms with Crippen molar-refractivity contribution in [2.75, 3.05) is 17.2 Å². The second kappa shape index (κ2) is 8.92. The van der Waals surface area contributed by atoms with Crippen LogP contribution in [-0.4, -0.2) is 39.2 Å². The summed E-state index contributed by atoms with van der Waals surface area (Å²) in [5.74, 6) is -1.91. The Morgan fingerprint density at radius 3 is 2.54 bits per heavy atom. The maximum atomic E-state index is 13.8. The number of amides is 1. The van der Waals surface area contributed by atoms with Crippen LogP contribution in [0.4, 0.5) is 26.1 Å². The third kappa shape index (κ3) is 6.41. The van der Waals surface area contributed by atoms with Gasteiger partial charge in [-0.25, -0.2) is 18.7 Å². The van der Waals surface area contributed by atoms with Crippen molar-refractivity contribution >= 4 is 23.2 Å². The number of halogens is 2. The molecule has 2 aromatic heterocycles. The predicted molar refractivity (Wildman–Crippen MR) is 104 cm³/mol. The SMILES string of the molecule is CC(C)Nc1cc(Nc2ncc(F)cc2F)ncc1C(=O)NCCC(C)(C)O. The molecule has 1 amide bonds. The minimum absolute atomic E-state index is 0.0267. The lowest BCUT2D eigenvalue weighted by atomic mass is 10.1. The quantitative estimate of drug-likeness (QED) is 0.550. The molecule has 2 heterocycles. The van der Waals surface area contributed by atoms with Crippen LogP contribution in [0, 0.1) is 11.6 Å². The molecular formula is C19H25F2N5O2. The van der Waals surface area contributed by atoms with Gasteiger partial charge < -0.3 is 21.1 Å². The smallest absolute Gasteiger partial charge is 0.254 e. The number of carbonyl (C=O) groups excluding carboxylic acids is 1. The Kier molecular flexibility index (Phi) is 6.85. The maximum absolute atomic E-state index is 13.8. The summed E-state index contributed by atoms with van der Waals surface area (Å²) in [6.45, 7) is 7.44. The first-order valence-electron chi connectivity index (χ1n) is 8.90. The van der Waals surface area contributed by atoms with E-state index in [-0.39, 0.29) is 23.6 Å². The molecule has 0 aliphatic rings. The lowest BCUT2D eigenvalue weighted by Gasteiger charge is -2.18. The van der Waals surface area contributed by atoms with Gasteiger partial charge in [-0.1, -0.05) is 0 Å². The molecule has 2 rings (SSSR count). The van der Waals surface area contributed by atoms with E-state index in [1.54, 1.807) is 19.9 Å². The molecule has 0 aliphatic carbocycles. The van der Waals surface area contributed by atoms with Crippen molar-refractivity contribution in [3.8, 4) is 0 Å². The number of aromatic nitrogens is 2. The number of nitrogens with zero attached hydrogens (tertiary/aromatic N) is 2. The molecule has 152 valence electrons. The zero-order valence-corrected chi connectivity index (χ0v) is 16.3. The minimum Gasteiger partial charge on any atom is -0.390 e. The van der Waals surface area contributed by atoms with E-state index < -0.39 is 17.2 Å². The van der Waals surface area contributed by atoms with Crippen LogP contribution in [0.1, 0.15) is 44.5 Å². The van der Waals surface area contributed by atoms with E-state index in [0.717, 1.165) is 6.20 Å². The Labute approximate surface area is 162 Å². The highest BCUT2D eigenvalue weighted by atomic mass is 19.1. The summed E-state index contributed by atoms with van der Waals surface area (Å²) in [5.41, 5.74) is -0.0804. The van der Waals surface area contributed by atoms with Gasteiger partial charge >= 0.3 is 0 Å². The summed E-state index contributed by atoms with van der Waals surface area (Å²) in [6.07, 6.45) is 2.64. The van der Waals surface area contributed by atoms with Gasteiger partial charge in [0, 0.05) is 30.9 Å². The van der Waals surface area contributed by atoms with Crippen molar-refractivity contribution in [3.05, 3.63) is 41.7 Å². The molecule has 28 heavy (non-hydrogen) atoms. The van der Waals surface area contributed by atoms with E-state index in [4.69, 9.17) is 0 Å².